The van der Waals surface area contributed by atoms with Crippen molar-refractivity contribution >= 4 is 0 Å². The molecule has 0 amide bonds. The Bertz CT molecular complexity index is 584. The second-order valence-corrected chi connectivity index (χ2v) is 4.56. The molecular weight excluding hydrogens is 252 g/mol. The van der Waals surface area contributed by atoms with Crippen LogP contribution in [0.1, 0.15) is 22.7 Å². The van der Waals surface area contributed by atoms with E-state index in [9.17, 15) is 0 Å². The molecule has 0 aliphatic carbocycles. The molecule has 4 heteroatoms. The molecular formula is C16H20N2O2. The average Bonchev–Trinajstić information content (AvgIpc) is 2.50. The predicted molar refractivity (Wildman–Crippen MR) is 79.9 cm³/mol. The van der Waals surface area contributed by atoms with Gasteiger partial charge in [0.15, 0.2) is 0 Å². The maximum atomic E-state index is 5.76. The second kappa shape index (κ2) is 6.41. The van der Waals surface area contributed by atoms with Crippen molar-refractivity contribution in [2.24, 2.45) is 5.84 Å². The van der Waals surface area contributed by atoms with Crippen molar-refractivity contribution in [2.75, 3.05) is 14.2 Å². The molecule has 1 atom stereocenters. The van der Waals surface area contributed by atoms with Crippen LogP contribution in [0.4, 0.5) is 0 Å². The third-order valence-electron chi connectivity index (χ3n) is 3.40. The summed E-state index contributed by atoms with van der Waals surface area (Å²) < 4.78 is 10.7. The van der Waals surface area contributed by atoms with Crippen LogP contribution in [0.2, 0.25) is 0 Å². The third-order valence-corrected chi connectivity index (χ3v) is 3.40. The molecule has 2 aromatic carbocycles. The van der Waals surface area contributed by atoms with E-state index in [1.807, 2.05) is 49.4 Å². The molecule has 0 heterocycles. The molecule has 20 heavy (non-hydrogen) atoms. The average molecular weight is 272 g/mol. The maximum Gasteiger partial charge on any atom is 0.124 e. The van der Waals surface area contributed by atoms with Gasteiger partial charge in [-0.25, -0.2) is 5.43 Å². The lowest BCUT2D eigenvalue weighted by Crippen LogP contribution is -2.29. The quantitative estimate of drug-likeness (QED) is 0.649. The molecule has 0 fully saturated rings. The molecule has 0 aliphatic rings. The van der Waals surface area contributed by atoms with Crippen molar-refractivity contribution in [3.63, 3.8) is 0 Å². The number of hydrogen-bond acceptors (Lipinski definition) is 4. The molecule has 106 valence electrons. The van der Waals surface area contributed by atoms with Gasteiger partial charge in [-0.2, -0.15) is 0 Å². The van der Waals surface area contributed by atoms with Gasteiger partial charge in [0.2, 0.25) is 0 Å². The number of rotatable bonds is 5. The normalized spacial score (nSPS) is 12.0. The van der Waals surface area contributed by atoms with Gasteiger partial charge in [-0.05, 0) is 36.2 Å². The van der Waals surface area contributed by atoms with Crippen molar-refractivity contribution in [3.05, 3.63) is 59.2 Å². The summed E-state index contributed by atoms with van der Waals surface area (Å²) in [6, 6.07) is 13.7. The zero-order valence-electron chi connectivity index (χ0n) is 12.0. The van der Waals surface area contributed by atoms with Gasteiger partial charge in [0.25, 0.3) is 0 Å². The minimum atomic E-state index is -0.128. The Morgan fingerprint density at radius 2 is 1.75 bits per heavy atom. The van der Waals surface area contributed by atoms with Crippen LogP contribution in [0, 0.1) is 6.92 Å². The molecule has 0 bridgehead atoms. The molecule has 0 radical (unpaired) electrons. The third kappa shape index (κ3) is 2.76. The molecule has 4 nitrogen and oxygen atoms in total. The van der Waals surface area contributed by atoms with Gasteiger partial charge in [0, 0.05) is 5.56 Å². The Morgan fingerprint density at radius 3 is 2.35 bits per heavy atom. The summed E-state index contributed by atoms with van der Waals surface area (Å²) in [6.45, 7) is 2.04. The van der Waals surface area contributed by atoms with Crippen LogP contribution in [0.3, 0.4) is 0 Å². The summed E-state index contributed by atoms with van der Waals surface area (Å²) in [6.07, 6.45) is 0. The highest BCUT2D eigenvalue weighted by Crippen LogP contribution is 2.32. The van der Waals surface area contributed by atoms with Gasteiger partial charge in [-0.3, -0.25) is 5.84 Å². The summed E-state index contributed by atoms with van der Waals surface area (Å²) in [5.41, 5.74) is 6.08. The Hall–Kier alpha value is -2.04. The Labute approximate surface area is 119 Å². The number of hydrazine groups is 1. The van der Waals surface area contributed by atoms with Gasteiger partial charge < -0.3 is 9.47 Å². The van der Waals surface area contributed by atoms with Gasteiger partial charge in [0.05, 0.1) is 20.3 Å². The van der Waals surface area contributed by atoms with Crippen LogP contribution < -0.4 is 20.7 Å². The summed E-state index contributed by atoms with van der Waals surface area (Å²) >= 11 is 0. The van der Waals surface area contributed by atoms with Crippen molar-refractivity contribution < 1.29 is 9.47 Å². The van der Waals surface area contributed by atoms with E-state index in [-0.39, 0.29) is 6.04 Å². The van der Waals surface area contributed by atoms with Crippen LogP contribution in [-0.4, -0.2) is 14.2 Å². The van der Waals surface area contributed by atoms with Crippen molar-refractivity contribution in [2.45, 2.75) is 13.0 Å². The van der Waals surface area contributed by atoms with Gasteiger partial charge >= 0.3 is 0 Å². The van der Waals surface area contributed by atoms with Gasteiger partial charge in [-0.15, -0.1) is 0 Å². The molecule has 0 spiro atoms. The molecule has 1 unspecified atom stereocenters. The predicted octanol–water partition coefficient (Wildman–Crippen LogP) is 2.56. The largest absolute Gasteiger partial charge is 0.497 e. The Morgan fingerprint density at radius 1 is 1.00 bits per heavy atom. The van der Waals surface area contributed by atoms with E-state index in [4.69, 9.17) is 15.3 Å². The van der Waals surface area contributed by atoms with Crippen LogP contribution in [0.15, 0.2) is 42.5 Å². The highest BCUT2D eigenvalue weighted by atomic mass is 16.5. The number of methoxy groups -OCH3 is 2. The lowest BCUT2D eigenvalue weighted by atomic mass is 9.94. The Kier molecular flexibility index (Phi) is 4.61. The van der Waals surface area contributed by atoms with E-state index < -0.39 is 0 Å². The first-order valence-electron chi connectivity index (χ1n) is 6.44. The summed E-state index contributed by atoms with van der Waals surface area (Å²) in [5, 5.41) is 0. The van der Waals surface area contributed by atoms with E-state index in [0.717, 1.165) is 28.2 Å². The zero-order valence-corrected chi connectivity index (χ0v) is 12.0. The van der Waals surface area contributed by atoms with E-state index in [1.165, 1.54) is 0 Å². The van der Waals surface area contributed by atoms with Gasteiger partial charge in [0.1, 0.15) is 11.5 Å². The fraction of sp³-hybridized carbons (Fsp3) is 0.250. The first-order chi connectivity index (χ1) is 9.71. The summed E-state index contributed by atoms with van der Waals surface area (Å²) in [5.74, 6) is 7.41. The number of ether oxygens (including phenoxy) is 2. The molecule has 0 aromatic heterocycles. The number of hydrogen-bond donors (Lipinski definition) is 2. The van der Waals surface area contributed by atoms with Crippen molar-refractivity contribution in [1.29, 1.82) is 0 Å². The number of nitrogens with two attached hydrogens (primary N) is 1. The maximum absolute atomic E-state index is 5.76. The lowest BCUT2D eigenvalue weighted by Gasteiger charge is -2.21. The monoisotopic (exact) mass is 272 g/mol. The van der Waals surface area contributed by atoms with Gasteiger partial charge in [-0.1, -0.05) is 24.3 Å². The molecule has 0 saturated carbocycles. The minimum Gasteiger partial charge on any atom is -0.497 e. The highest BCUT2D eigenvalue weighted by Gasteiger charge is 2.18. The van der Waals surface area contributed by atoms with E-state index in [2.05, 4.69) is 5.43 Å². The van der Waals surface area contributed by atoms with E-state index in [1.54, 1.807) is 14.2 Å². The van der Waals surface area contributed by atoms with E-state index >= 15 is 0 Å². The first kappa shape index (κ1) is 14.4. The minimum absolute atomic E-state index is 0.128. The summed E-state index contributed by atoms with van der Waals surface area (Å²) in [4.78, 5) is 0. The van der Waals surface area contributed by atoms with Crippen LogP contribution in [0.25, 0.3) is 0 Å². The van der Waals surface area contributed by atoms with Crippen LogP contribution >= 0.6 is 0 Å². The fourth-order valence-corrected chi connectivity index (χ4v) is 2.35. The highest BCUT2D eigenvalue weighted by molar-refractivity contribution is 5.45. The van der Waals surface area contributed by atoms with E-state index in [0.29, 0.717) is 0 Å². The number of nitrogens with one attached hydrogen (secondary N) is 1. The molecule has 0 aliphatic heterocycles. The topological polar surface area (TPSA) is 56.5 Å². The first-order valence-corrected chi connectivity index (χ1v) is 6.44. The van der Waals surface area contributed by atoms with Crippen molar-refractivity contribution in [3.8, 4) is 11.5 Å². The smallest absolute Gasteiger partial charge is 0.124 e. The zero-order chi connectivity index (χ0) is 14.5. The standard InChI is InChI=1S/C16H20N2O2/c1-11-10-12(19-2)8-9-13(11)16(18-17)14-6-4-5-7-15(14)20-3/h4-10,16,18H,17H2,1-3H3. The number of benzene rings is 2. The number of para-hydroxylation sites is 1. The SMILES string of the molecule is COc1ccc(C(NN)c2ccccc2OC)c(C)c1. The molecule has 0 saturated heterocycles. The summed E-state index contributed by atoms with van der Waals surface area (Å²) in [7, 11) is 3.32. The molecule has 2 rings (SSSR count). The van der Waals surface area contributed by atoms with Crippen LogP contribution in [0.5, 0.6) is 11.5 Å². The number of aryl methyl sites for hydroxylation is 1. The van der Waals surface area contributed by atoms with Crippen LogP contribution in [-0.2, 0) is 0 Å². The molecule has 2 aromatic rings. The lowest BCUT2D eigenvalue weighted by molar-refractivity contribution is 0.404. The Balaban J connectivity index is 2.47. The fourth-order valence-electron chi connectivity index (χ4n) is 2.35. The second-order valence-electron chi connectivity index (χ2n) is 4.56. The van der Waals surface area contributed by atoms with Crippen molar-refractivity contribution in [1.82, 2.24) is 5.43 Å². The molecule has 3 N–H and O–H groups in total.